The van der Waals surface area contributed by atoms with Crippen molar-refractivity contribution in [3.05, 3.63) is 75.5 Å². The third kappa shape index (κ3) is 2.35. The second kappa shape index (κ2) is 5.09. The average molecular weight is 310 g/mol. The predicted molar refractivity (Wildman–Crippen MR) is 79.0 cm³/mol. The lowest BCUT2D eigenvalue weighted by atomic mass is 10.3. The minimum absolute atomic E-state index is 0.0314. The fraction of sp³-hybridized carbons (Fsp3) is 0.0667. The van der Waals surface area contributed by atoms with Crippen molar-refractivity contribution in [3.8, 4) is 11.7 Å². The first-order valence-corrected chi connectivity index (χ1v) is 6.80. The summed E-state index contributed by atoms with van der Waals surface area (Å²) in [5.74, 6) is -0.212. The molecule has 0 saturated carbocycles. The van der Waals surface area contributed by atoms with Gasteiger partial charge >= 0.3 is 5.76 Å². The van der Waals surface area contributed by atoms with Crippen molar-refractivity contribution < 1.29 is 8.83 Å². The van der Waals surface area contributed by atoms with Crippen molar-refractivity contribution in [2.45, 2.75) is 6.54 Å². The van der Waals surface area contributed by atoms with E-state index in [1.807, 2.05) is 0 Å². The fourth-order valence-electron chi connectivity index (χ4n) is 2.24. The van der Waals surface area contributed by atoms with Gasteiger partial charge in [-0.1, -0.05) is 6.07 Å². The van der Waals surface area contributed by atoms with Gasteiger partial charge in [-0.3, -0.25) is 9.20 Å². The highest BCUT2D eigenvalue weighted by atomic mass is 16.4. The molecule has 8 heteroatoms. The first-order chi connectivity index (χ1) is 11.2. The van der Waals surface area contributed by atoms with Gasteiger partial charge in [0.25, 0.3) is 11.4 Å². The normalized spacial score (nSPS) is 11.1. The molecular formula is C15H10N4O4. The number of hydrogen-bond donors (Lipinski definition) is 0. The summed E-state index contributed by atoms with van der Waals surface area (Å²) in [6, 6.07) is 9.90. The number of rotatable bonds is 3. The van der Waals surface area contributed by atoms with Crippen molar-refractivity contribution in [2.24, 2.45) is 0 Å². The number of pyridine rings is 1. The molecule has 0 fully saturated rings. The van der Waals surface area contributed by atoms with Gasteiger partial charge in [-0.2, -0.15) is 4.68 Å². The second-order valence-electron chi connectivity index (χ2n) is 4.82. The standard InChI is InChI=1S/C15H10N4O4/c20-13-8-10(16-12-5-1-2-6-18(12)13)9-19-15(21)23-14(17-19)11-4-3-7-22-11/h1-8H,9H2. The van der Waals surface area contributed by atoms with Gasteiger partial charge in [-0.15, -0.1) is 5.10 Å². The molecule has 0 aliphatic heterocycles. The van der Waals surface area contributed by atoms with Crippen molar-refractivity contribution in [2.75, 3.05) is 0 Å². The third-order valence-electron chi connectivity index (χ3n) is 3.27. The van der Waals surface area contributed by atoms with Crippen LogP contribution in [0.4, 0.5) is 0 Å². The zero-order chi connectivity index (χ0) is 15.8. The van der Waals surface area contributed by atoms with Gasteiger partial charge in [0.05, 0.1) is 18.5 Å². The van der Waals surface area contributed by atoms with E-state index in [1.165, 1.54) is 16.7 Å². The Morgan fingerprint density at radius 2 is 2.04 bits per heavy atom. The van der Waals surface area contributed by atoms with E-state index >= 15 is 0 Å². The van der Waals surface area contributed by atoms with Crippen LogP contribution in [-0.2, 0) is 6.54 Å². The lowest BCUT2D eigenvalue weighted by Gasteiger charge is -2.02. The Morgan fingerprint density at radius 3 is 2.87 bits per heavy atom. The molecule has 4 rings (SSSR count). The molecule has 4 heterocycles. The molecule has 8 nitrogen and oxygen atoms in total. The van der Waals surface area contributed by atoms with E-state index in [0.717, 1.165) is 4.68 Å². The van der Waals surface area contributed by atoms with Crippen LogP contribution < -0.4 is 11.3 Å². The van der Waals surface area contributed by atoms with E-state index in [0.29, 0.717) is 17.1 Å². The summed E-state index contributed by atoms with van der Waals surface area (Å²) < 4.78 is 12.7. The summed E-state index contributed by atoms with van der Waals surface area (Å²) in [5.41, 5.74) is 0.689. The van der Waals surface area contributed by atoms with Gasteiger partial charge in [0.15, 0.2) is 5.76 Å². The lowest BCUT2D eigenvalue weighted by molar-refractivity contribution is 0.475. The Hall–Kier alpha value is -3.42. The zero-order valence-electron chi connectivity index (χ0n) is 11.7. The van der Waals surface area contributed by atoms with Crippen molar-refractivity contribution in [1.82, 2.24) is 19.2 Å². The highest BCUT2D eigenvalue weighted by Crippen LogP contribution is 2.15. The molecule has 23 heavy (non-hydrogen) atoms. The molecule has 4 aromatic heterocycles. The summed E-state index contributed by atoms with van der Waals surface area (Å²) in [6.07, 6.45) is 3.09. The highest BCUT2D eigenvalue weighted by molar-refractivity contribution is 5.42. The molecule has 0 amide bonds. The summed E-state index contributed by atoms with van der Waals surface area (Å²) in [6.45, 7) is 0.0314. The Morgan fingerprint density at radius 1 is 1.13 bits per heavy atom. The van der Waals surface area contributed by atoms with E-state index < -0.39 is 5.76 Å². The largest absolute Gasteiger partial charge is 0.459 e. The van der Waals surface area contributed by atoms with Crippen molar-refractivity contribution >= 4 is 5.65 Å². The monoisotopic (exact) mass is 310 g/mol. The molecule has 0 bridgehead atoms. The first-order valence-electron chi connectivity index (χ1n) is 6.80. The first kappa shape index (κ1) is 13.3. The van der Waals surface area contributed by atoms with Crippen LogP contribution in [0.2, 0.25) is 0 Å². The topological polar surface area (TPSA) is 95.5 Å². The molecule has 0 aliphatic rings. The maximum Gasteiger partial charge on any atom is 0.437 e. The summed E-state index contributed by atoms with van der Waals surface area (Å²) >= 11 is 0. The van der Waals surface area contributed by atoms with Gasteiger partial charge in [0, 0.05) is 12.3 Å². The van der Waals surface area contributed by atoms with Crippen LogP contribution in [0.5, 0.6) is 0 Å². The summed E-state index contributed by atoms with van der Waals surface area (Å²) in [4.78, 5) is 28.3. The molecule has 0 N–H and O–H groups in total. The Bertz CT molecular complexity index is 1090. The zero-order valence-corrected chi connectivity index (χ0v) is 11.7. The summed E-state index contributed by atoms with van der Waals surface area (Å²) in [7, 11) is 0. The second-order valence-corrected chi connectivity index (χ2v) is 4.82. The quantitative estimate of drug-likeness (QED) is 0.563. The van der Waals surface area contributed by atoms with E-state index in [-0.39, 0.29) is 18.0 Å². The fourth-order valence-corrected chi connectivity index (χ4v) is 2.24. The number of nitrogens with zero attached hydrogens (tertiary/aromatic N) is 4. The van der Waals surface area contributed by atoms with E-state index in [2.05, 4.69) is 10.1 Å². The Balaban J connectivity index is 1.74. The van der Waals surface area contributed by atoms with Crippen molar-refractivity contribution in [1.29, 1.82) is 0 Å². The molecule has 0 saturated heterocycles. The maximum atomic E-state index is 12.0. The smallest absolute Gasteiger partial charge is 0.437 e. The van der Waals surface area contributed by atoms with Crippen LogP contribution in [0.15, 0.2) is 67.3 Å². The Labute approximate surface area is 128 Å². The van der Waals surface area contributed by atoms with Gasteiger partial charge in [-0.05, 0) is 24.3 Å². The summed E-state index contributed by atoms with van der Waals surface area (Å²) in [5, 5.41) is 4.05. The van der Waals surface area contributed by atoms with Crippen LogP contribution in [0, 0.1) is 0 Å². The third-order valence-corrected chi connectivity index (χ3v) is 3.27. The van der Waals surface area contributed by atoms with Crippen molar-refractivity contribution in [3.63, 3.8) is 0 Å². The number of fused-ring (bicyclic) bond motifs is 1. The van der Waals surface area contributed by atoms with Crippen LogP contribution in [0.25, 0.3) is 17.3 Å². The number of aromatic nitrogens is 4. The number of hydrogen-bond acceptors (Lipinski definition) is 6. The highest BCUT2D eigenvalue weighted by Gasteiger charge is 2.13. The molecule has 0 aromatic carbocycles. The van der Waals surface area contributed by atoms with Crippen LogP contribution in [-0.4, -0.2) is 19.2 Å². The minimum atomic E-state index is -0.647. The lowest BCUT2D eigenvalue weighted by Crippen LogP contribution is -2.21. The van der Waals surface area contributed by atoms with Crippen LogP contribution >= 0.6 is 0 Å². The number of furan rings is 1. The van der Waals surface area contributed by atoms with Gasteiger partial charge in [-0.25, -0.2) is 9.78 Å². The molecule has 0 atom stereocenters. The molecule has 0 spiro atoms. The molecule has 0 radical (unpaired) electrons. The minimum Gasteiger partial charge on any atom is -0.459 e. The van der Waals surface area contributed by atoms with E-state index in [9.17, 15) is 9.59 Å². The Kier molecular flexibility index (Phi) is 2.94. The predicted octanol–water partition coefficient (Wildman–Crippen LogP) is 1.15. The SMILES string of the molecule is O=c1oc(-c2ccco2)nn1Cc1cc(=O)n2ccccc2n1. The average Bonchev–Trinajstić information content (AvgIpc) is 3.18. The molecular weight excluding hydrogens is 300 g/mol. The van der Waals surface area contributed by atoms with Crippen LogP contribution in [0.3, 0.4) is 0 Å². The van der Waals surface area contributed by atoms with Gasteiger partial charge in [0.1, 0.15) is 5.65 Å². The molecule has 114 valence electrons. The molecule has 4 aromatic rings. The maximum absolute atomic E-state index is 12.0. The van der Waals surface area contributed by atoms with Gasteiger partial charge < -0.3 is 8.83 Å². The molecule has 0 unspecified atom stereocenters. The van der Waals surface area contributed by atoms with E-state index in [1.54, 1.807) is 36.5 Å². The molecule has 0 aliphatic carbocycles. The van der Waals surface area contributed by atoms with E-state index in [4.69, 9.17) is 8.83 Å². The van der Waals surface area contributed by atoms with Gasteiger partial charge in [0.2, 0.25) is 0 Å². The van der Waals surface area contributed by atoms with Crippen LogP contribution in [0.1, 0.15) is 5.69 Å².